The Morgan fingerprint density at radius 1 is 1.41 bits per heavy atom. The summed E-state index contributed by atoms with van der Waals surface area (Å²) in [5.74, 6) is 1.51. The van der Waals surface area contributed by atoms with E-state index in [1.54, 1.807) is 11.3 Å². The van der Waals surface area contributed by atoms with Crippen LogP contribution >= 0.6 is 27.3 Å². The van der Waals surface area contributed by atoms with E-state index in [2.05, 4.69) is 22.9 Å². The smallest absolute Gasteiger partial charge is 0.176 e. The molecule has 1 aliphatic carbocycles. The minimum Gasteiger partial charge on any atom is -0.293 e. The van der Waals surface area contributed by atoms with Crippen molar-refractivity contribution in [3.8, 4) is 0 Å². The van der Waals surface area contributed by atoms with Crippen LogP contribution in [0.5, 0.6) is 0 Å². The van der Waals surface area contributed by atoms with Crippen molar-refractivity contribution in [2.45, 2.75) is 45.4 Å². The van der Waals surface area contributed by atoms with Gasteiger partial charge in [-0.2, -0.15) is 0 Å². The van der Waals surface area contributed by atoms with Crippen LogP contribution in [0.3, 0.4) is 0 Å². The lowest BCUT2D eigenvalue weighted by Gasteiger charge is -2.27. The summed E-state index contributed by atoms with van der Waals surface area (Å²) in [5.41, 5.74) is 0. The van der Waals surface area contributed by atoms with Gasteiger partial charge in [0.05, 0.1) is 4.88 Å². The largest absolute Gasteiger partial charge is 0.293 e. The first-order valence-corrected chi connectivity index (χ1v) is 8.16. The van der Waals surface area contributed by atoms with Gasteiger partial charge >= 0.3 is 0 Å². The van der Waals surface area contributed by atoms with Crippen molar-refractivity contribution < 1.29 is 4.79 Å². The van der Waals surface area contributed by atoms with E-state index in [9.17, 15) is 4.79 Å². The van der Waals surface area contributed by atoms with Crippen molar-refractivity contribution in [1.29, 1.82) is 0 Å². The minimum atomic E-state index is 0.276. The molecule has 3 heteroatoms. The Balaban J connectivity index is 1.93. The van der Waals surface area contributed by atoms with Crippen LogP contribution in [0.1, 0.15) is 55.1 Å². The Morgan fingerprint density at radius 3 is 2.65 bits per heavy atom. The molecule has 0 aliphatic heterocycles. The van der Waals surface area contributed by atoms with Gasteiger partial charge in [0.15, 0.2) is 5.78 Å². The molecule has 1 aromatic heterocycles. The summed E-state index contributed by atoms with van der Waals surface area (Å²) in [5, 5.41) is 1.99. The second-order valence-corrected chi connectivity index (χ2v) is 6.74. The number of thiophene rings is 1. The number of Topliss-reactive ketones (excluding diaryl/α,β-unsaturated/α-hetero) is 1. The number of halogens is 1. The van der Waals surface area contributed by atoms with Crippen LogP contribution < -0.4 is 0 Å². The second-order valence-electron chi connectivity index (χ2n) is 4.97. The van der Waals surface area contributed by atoms with Crippen molar-refractivity contribution >= 4 is 33.0 Å². The van der Waals surface area contributed by atoms with Crippen molar-refractivity contribution in [3.63, 3.8) is 0 Å². The number of ketones is 1. The third-order valence-electron chi connectivity index (χ3n) is 3.76. The van der Waals surface area contributed by atoms with Gasteiger partial charge in [-0.3, -0.25) is 4.79 Å². The van der Waals surface area contributed by atoms with Crippen LogP contribution in [0.4, 0.5) is 0 Å². The summed E-state index contributed by atoms with van der Waals surface area (Å²) in [6, 6.07) is 1.97. The molecule has 0 bridgehead atoms. The average Bonchev–Trinajstić information content (AvgIpc) is 2.76. The van der Waals surface area contributed by atoms with Gasteiger partial charge < -0.3 is 0 Å². The minimum absolute atomic E-state index is 0.276. The zero-order valence-corrected chi connectivity index (χ0v) is 12.6. The van der Waals surface area contributed by atoms with Gasteiger partial charge in [-0.1, -0.05) is 19.8 Å². The van der Waals surface area contributed by atoms with Gasteiger partial charge in [0, 0.05) is 10.4 Å². The third kappa shape index (κ3) is 3.19. The van der Waals surface area contributed by atoms with Gasteiger partial charge in [0.1, 0.15) is 0 Å². The summed E-state index contributed by atoms with van der Waals surface area (Å²) in [4.78, 5) is 13.2. The second kappa shape index (κ2) is 6.14. The number of carbonyl (C=O) groups excluding carboxylic acids is 1. The van der Waals surface area contributed by atoms with Gasteiger partial charge in [-0.05, 0) is 59.0 Å². The summed E-state index contributed by atoms with van der Waals surface area (Å²) in [6.45, 7) is 2.25. The maximum absolute atomic E-state index is 12.3. The molecule has 0 N–H and O–H groups in total. The molecule has 1 saturated carbocycles. The molecule has 1 aliphatic rings. The first-order valence-electron chi connectivity index (χ1n) is 6.49. The van der Waals surface area contributed by atoms with Crippen LogP contribution in [0.2, 0.25) is 0 Å². The van der Waals surface area contributed by atoms with E-state index in [0.29, 0.717) is 5.78 Å². The van der Waals surface area contributed by atoms with Gasteiger partial charge in [-0.15, -0.1) is 11.3 Å². The van der Waals surface area contributed by atoms with Crippen molar-refractivity contribution in [1.82, 2.24) is 0 Å². The fraction of sp³-hybridized carbons (Fsp3) is 0.643. The van der Waals surface area contributed by atoms with Crippen LogP contribution in [-0.4, -0.2) is 5.78 Å². The molecule has 0 atom stereocenters. The molecule has 0 unspecified atom stereocenters. The number of hydrogen-bond acceptors (Lipinski definition) is 2. The van der Waals surface area contributed by atoms with Crippen LogP contribution in [0.15, 0.2) is 15.9 Å². The monoisotopic (exact) mass is 314 g/mol. The summed E-state index contributed by atoms with van der Waals surface area (Å²) < 4.78 is 0.975. The average molecular weight is 315 g/mol. The zero-order valence-electron chi connectivity index (χ0n) is 10.2. The number of hydrogen-bond donors (Lipinski definition) is 0. The van der Waals surface area contributed by atoms with Crippen molar-refractivity contribution in [2.75, 3.05) is 0 Å². The maximum atomic E-state index is 12.3. The molecular formula is C14H19BrOS. The highest BCUT2D eigenvalue weighted by Gasteiger charge is 2.28. The Morgan fingerprint density at radius 2 is 2.12 bits per heavy atom. The van der Waals surface area contributed by atoms with E-state index in [4.69, 9.17) is 0 Å². The lowest BCUT2D eigenvalue weighted by atomic mass is 9.78. The Kier molecular flexibility index (Phi) is 4.80. The normalized spacial score (nSPS) is 24.8. The molecule has 1 aromatic rings. The molecule has 0 radical (unpaired) electrons. The first kappa shape index (κ1) is 13.3. The molecular weight excluding hydrogens is 296 g/mol. The molecule has 0 spiro atoms. The predicted molar refractivity (Wildman–Crippen MR) is 76.7 cm³/mol. The Bertz CT molecular complexity index is 377. The van der Waals surface area contributed by atoms with Gasteiger partial charge in [0.25, 0.3) is 0 Å². The summed E-state index contributed by atoms with van der Waals surface area (Å²) in [6.07, 6.45) is 7.28. The van der Waals surface area contributed by atoms with Crippen LogP contribution in [0.25, 0.3) is 0 Å². The standard InChI is InChI=1S/C14H19BrOS/c1-2-3-10-4-6-11(7-5-10)13(16)14-12(15)8-9-17-14/h8-11H,2-7H2,1H3. The molecule has 0 aromatic carbocycles. The number of carbonyl (C=O) groups is 1. The molecule has 2 rings (SSSR count). The van der Waals surface area contributed by atoms with Gasteiger partial charge in [-0.25, -0.2) is 0 Å². The summed E-state index contributed by atoms with van der Waals surface area (Å²) in [7, 11) is 0. The zero-order chi connectivity index (χ0) is 12.3. The van der Waals surface area contributed by atoms with E-state index in [-0.39, 0.29) is 5.92 Å². The molecule has 1 heterocycles. The fourth-order valence-electron chi connectivity index (χ4n) is 2.78. The quantitative estimate of drug-likeness (QED) is 0.689. The molecule has 0 amide bonds. The molecule has 1 nitrogen and oxygen atoms in total. The third-order valence-corrected chi connectivity index (χ3v) is 5.61. The molecule has 1 fully saturated rings. The number of rotatable bonds is 4. The predicted octanol–water partition coefficient (Wildman–Crippen LogP) is 5.30. The van der Waals surface area contributed by atoms with Crippen LogP contribution in [-0.2, 0) is 0 Å². The first-order chi connectivity index (χ1) is 8.22. The van der Waals surface area contributed by atoms with E-state index in [1.807, 2.05) is 11.4 Å². The van der Waals surface area contributed by atoms with Crippen molar-refractivity contribution in [2.24, 2.45) is 11.8 Å². The van der Waals surface area contributed by atoms with Crippen molar-refractivity contribution in [3.05, 3.63) is 20.8 Å². The SMILES string of the molecule is CCCC1CCC(C(=O)c2sccc2Br)CC1. The lowest BCUT2D eigenvalue weighted by Crippen LogP contribution is -2.21. The molecule has 17 heavy (non-hydrogen) atoms. The highest BCUT2D eigenvalue weighted by molar-refractivity contribution is 9.10. The van der Waals surface area contributed by atoms with E-state index in [1.165, 1.54) is 25.7 Å². The van der Waals surface area contributed by atoms with Gasteiger partial charge in [0.2, 0.25) is 0 Å². The Labute approximate surface area is 116 Å². The van der Waals surface area contributed by atoms with E-state index < -0.39 is 0 Å². The van der Waals surface area contributed by atoms with E-state index in [0.717, 1.165) is 28.1 Å². The maximum Gasteiger partial charge on any atom is 0.176 e. The highest BCUT2D eigenvalue weighted by Crippen LogP contribution is 2.35. The van der Waals surface area contributed by atoms with E-state index >= 15 is 0 Å². The fourth-order valence-corrected chi connectivity index (χ4v) is 4.36. The highest BCUT2D eigenvalue weighted by atomic mass is 79.9. The topological polar surface area (TPSA) is 17.1 Å². The summed E-state index contributed by atoms with van der Waals surface area (Å²) >= 11 is 5.03. The lowest BCUT2D eigenvalue weighted by molar-refractivity contribution is 0.0873. The van der Waals surface area contributed by atoms with Crippen LogP contribution in [0, 0.1) is 11.8 Å². The Hall–Kier alpha value is -0.150. The molecule has 94 valence electrons. The molecule has 0 saturated heterocycles.